The monoisotopic (exact) mass is 645 g/mol. The summed E-state index contributed by atoms with van der Waals surface area (Å²) in [5.74, 6) is -0.706. The molecule has 0 radical (unpaired) electrons. The van der Waals surface area contributed by atoms with Crippen LogP contribution in [0, 0.1) is 0 Å². The number of carbonyl (C=O) groups excluding carboxylic acids is 1. The third-order valence-electron chi connectivity index (χ3n) is 8.39. The Morgan fingerprint density at radius 2 is 1.67 bits per heavy atom. The first-order valence-corrected chi connectivity index (χ1v) is 17.1. The predicted molar refractivity (Wildman–Crippen MR) is 183 cm³/mol. The van der Waals surface area contributed by atoms with Crippen LogP contribution >= 0.6 is 0 Å². The number of benzene rings is 1. The number of rotatable bonds is 15. The number of allylic oxidation sites excluding steroid dienone is 1. The molecule has 0 unspecified atom stereocenters. The Morgan fingerprint density at radius 3 is 2.39 bits per heavy atom. The highest BCUT2D eigenvalue weighted by molar-refractivity contribution is 5.90. The van der Waals surface area contributed by atoms with E-state index >= 15 is 0 Å². The minimum Gasteiger partial charge on any atom is -0.367 e. The fourth-order valence-corrected chi connectivity index (χ4v) is 5.97. The summed E-state index contributed by atoms with van der Waals surface area (Å²) in [6, 6.07) is 8.24. The normalized spacial score (nSPS) is 16.6. The van der Waals surface area contributed by atoms with Gasteiger partial charge < -0.3 is 26.2 Å². The second kappa shape index (κ2) is 19.5. The Hall–Kier alpha value is -3.18. The van der Waals surface area contributed by atoms with Gasteiger partial charge in [-0.25, -0.2) is 4.98 Å². The van der Waals surface area contributed by atoms with Crippen LogP contribution in [0.15, 0.2) is 48.1 Å². The summed E-state index contributed by atoms with van der Waals surface area (Å²) in [5.41, 5.74) is 2.96. The lowest BCUT2D eigenvalue weighted by molar-refractivity contribution is -0.186. The smallest absolute Gasteiger partial charge is 0.367 e. The number of halogens is 3. The zero-order chi connectivity index (χ0) is 33.4. The number of alkyl halides is 3. The number of hydrogen-bond donors (Lipinski definition) is 4. The molecule has 46 heavy (non-hydrogen) atoms. The molecule has 0 atom stereocenters. The van der Waals surface area contributed by atoms with Gasteiger partial charge in [0, 0.05) is 37.1 Å². The van der Waals surface area contributed by atoms with Crippen molar-refractivity contribution >= 4 is 28.6 Å². The van der Waals surface area contributed by atoms with E-state index < -0.39 is 12.1 Å². The quantitative estimate of drug-likeness (QED) is 0.120. The summed E-state index contributed by atoms with van der Waals surface area (Å²) < 4.78 is 38.4. The lowest BCUT2D eigenvalue weighted by Gasteiger charge is -2.33. The van der Waals surface area contributed by atoms with E-state index in [0.717, 1.165) is 66.3 Å². The molecule has 2 fully saturated rings. The van der Waals surface area contributed by atoms with Crippen molar-refractivity contribution in [2.24, 2.45) is 0 Å². The van der Waals surface area contributed by atoms with E-state index in [4.69, 9.17) is 0 Å². The molecule has 1 amide bonds. The fraction of sp³-hybridized carbons (Fsp3) is 0.629. The average molecular weight is 646 g/mol. The molecule has 0 spiro atoms. The zero-order valence-corrected chi connectivity index (χ0v) is 27.9. The van der Waals surface area contributed by atoms with Gasteiger partial charge in [0.1, 0.15) is 5.82 Å². The second-order valence-electron chi connectivity index (χ2n) is 12.1. The fourth-order valence-electron chi connectivity index (χ4n) is 5.97. The average Bonchev–Trinajstić information content (AvgIpc) is 3.06. The number of piperidine rings is 1. The molecule has 1 saturated heterocycles. The number of nitrogens with one attached hydrogen (secondary N) is 4. The number of para-hydroxylation sites is 1. The van der Waals surface area contributed by atoms with Crippen LogP contribution in [0.4, 0.5) is 24.9 Å². The molecule has 2 aliphatic rings. The van der Waals surface area contributed by atoms with Gasteiger partial charge in [-0.3, -0.25) is 4.79 Å². The van der Waals surface area contributed by atoms with Gasteiger partial charge in [0.25, 0.3) is 0 Å². The molecular formula is C35H54F3N7O. The topological polar surface area (TPSA) is 94.2 Å². The van der Waals surface area contributed by atoms with E-state index in [1.165, 1.54) is 37.7 Å². The number of nitrogens with zero attached hydrogens (tertiary/aromatic N) is 3. The van der Waals surface area contributed by atoms with Crippen molar-refractivity contribution in [2.45, 2.75) is 103 Å². The van der Waals surface area contributed by atoms with Crippen LogP contribution in [0.3, 0.4) is 0 Å². The molecule has 2 aromatic rings. The Balaban J connectivity index is 0.00000282. The maximum absolute atomic E-state index is 12.8. The molecule has 1 aromatic carbocycles. The van der Waals surface area contributed by atoms with Crippen molar-refractivity contribution in [3.8, 4) is 0 Å². The summed E-state index contributed by atoms with van der Waals surface area (Å²) >= 11 is 0. The first-order valence-electron chi connectivity index (χ1n) is 17.1. The molecule has 256 valence electrons. The SMILES string of the molecule is C=C(/C=C(\C)CCCNCCCNC1CCCCC1)CNc1nc(NC2CCN(C(=O)C(F)(F)F)CC2)c2ccccc2n1.CC. The Bertz CT molecular complexity index is 1250. The van der Waals surface area contributed by atoms with Crippen LogP contribution < -0.4 is 21.3 Å². The van der Waals surface area contributed by atoms with Gasteiger partial charge >= 0.3 is 12.1 Å². The third-order valence-corrected chi connectivity index (χ3v) is 8.39. The molecule has 1 aliphatic heterocycles. The standard InChI is InChI=1S/C33H48F3N7O.C2H6/c1-24(10-8-17-37-18-9-19-38-26-11-4-3-5-12-26)22-25(2)23-39-32-41-29-14-7-6-13-28(29)30(42-32)40-27-15-20-43(21-16-27)31(44)33(34,35)36;1-2/h6-7,13-14,22,26-27,37-38H,2-5,8-12,15-21,23H2,1H3,(H2,39,40,41,42);1-2H3/b24-22+;. The Labute approximate surface area is 273 Å². The summed E-state index contributed by atoms with van der Waals surface area (Å²) in [6.07, 6.45) is 8.09. The number of anilines is 2. The largest absolute Gasteiger partial charge is 0.471 e. The van der Waals surface area contributed by atoms with Gasteiger partial charge in [0.15, 0.2) is 0 Å². The van der Waals surface area contributed by atoms with Crippen molar-refractivity contribution in [3.05, 3.63) is 48.1 Å². The molecule has 8 nitrogen and oxygen atoms in total. The van der Waals surface area contributed by atoms with Crippen LogP contribution in [-0.2, 0) is 4.79 Å². The van der Waals surface area contributed by atoms with E-state index in [2.05, 4.69) is 50.8 Å². The lowest BCUT2D eigenvalue weighted by atomic mass is 9.95. The van der Waals surface area contributed by atoms with Crippen LogP contribution in [0.2, 0.25) is 0 Å². The molecule has 1 aromatic heterocycles. The summed E-state index contributed by atoms with van der Waals surface area (Å²) in [5, 5.41) is 14.7. The first kappa shape index (κ1) is 37.3. The highest BCUT2D eigenvalue weighted by Crippen LogP contribution is 2.26. The number of hydrogen-bond acceptors (Lipinski definition) is 7. The van der Waals surface area contributed by atoms with Crippen molar-refractivity contribution in [2.75, 3.05) is 49.9 Å². The van der Waals surface area contributed by atoms with E-state index in [9.17, 15) is 18.0 Å². The van der Waals surface area contributed by atoms with E-state index in [1.54, 1.807) is 0 Å². The van der Waals surface area contributed by atoms with E-state index in [0.29, 0.717) is 31.2 Å². The molecule has 11 heteroatoms. The lowest BCUT2D eigenvalue weighted by Crippen LogP contribution is -2.47. The number of fused-ring (bicyclic) bond motifs is 1. The van der Waals surface area contributed by atoms with Gasteiger partial charge in [0.2, 0.25) is 5.95 Å². The number of carbonyl (C=O) groups is 1. The van der Waals surface area contributed by atoms with Crippen LogP contribution in [0.1, 0.15) is 85.0 Å². The van der Waals surface area contributed by atoms with Crippen LogP contribution in [-0.4, -0.2) is 78.3 Å². The van der Waals surface area contributed by atoms with Crippen molar-refractivity contribution < 1.29 is 18.0 Å². The van der Waals surface area contributed by atoms with Gasteiger partial charge in [-0.1, -0.05) is 63.5 Å². The highest BCUT2D eigenvalue weighted by Gasteiger charge is 2.43. The molecular weight excluding hydrogens is 591 g/mol. The second-order valence-corrected chi connectivity index (χ2v) is 12.1. The molecule has 2 heterocycles. The maximum atomic E-state index is 12.8. The third kappa shape index (κ3) is 12.5. The molecule has 0 bridgehead atoms. The molecule has 1 saturated carbocycles. The van der Waals surface area contributed by atoms with Crippen molar-refractivity contribution in [1.82, 2.24) is 25.5 Å². The zero-order valence-electron chi connectivity index (χ0n) is 27.9. The predicted octanol–water partition coefficient (Wildman–Crippen LogP) is 7.22. The Morgan fingerprint density at radius 1 is 0.978 bits per heavy atom. The Kier molecular flexibility index (Phi) is 15.8. The highest BCUT2D eigenvalue weighted by atomic mass is 19.4. The van der Waals surface area contributed by atoms with Crippen LogP contribution in [0.25, 0.3) is 10.9 Å². The minimum atomic E-state index is -4.84. The van der Waals surface area contributed by atoms with Gasteiger partial charge in [0.05, 0.1) is 5.52 Å². The number of amides is 1. The molecule has 4 N–H and O–H groups in total. The molecule has 1 aliphatic carbocycles. The van der Waals surface area contributed by atoms with Gasteiger partial charge in [-0.2, -0.15) is 18.2 Å². The summed E-state index contributed by atoms with van der Waals surface area (Å²) in [6.45, 7) is 14.0. The number of likely N-dealkylation sites (tertiary alicyclic amines) is 1. The van der Waals surface area contributed by atoms with Gasteiger partial charge in [-0.05, 0) is 89.2 Å². The minimum absolute atomic E-state index is 0.0452. The van der Waals surface area contributed by atoms with Gasteiger partial charge in [-0.15, -0.1) is 0 Å². The van der Waals surface area contributed by atoms with Crippen molar-refractivity contribution in [1.29, 1.82) is 0 Å². The maximum Gasteiger partial charge on any atom is 0.471 e. The van der Waals surface area contributed by atoms with E-state index in [-0.39, 0.29) is 19.1 Å². The van der Waals surface area contributed by atoms with Crippen LogP contribution in [0.5, 0.6) is 0 Å². The summed E-state index contributed by atoms with van der Waals surface area (Å²) in [7, 11) is 0. The van der Waals surface area contributed by atoms with Crippen molar-refractivity contribution in [3.63, 3.8) is 0 Å². The van der Waals surface area contributed by atoms with E-state index in [1.807, 2.05) is 38.1 Å². The number of aromatic nitrogens is 2. The summed E-state index contributed by atoms with van der Waals surface area (Å²) in [4.78, 5) is 21.8. The molecule has 4 rings (SSSR count). The first-order chi connectivity index (χ1) is 22.2.